The van der Waals surface area contributed by atoms with Crippen LogP contribution in [-0.4, -0.2) is 59.7 Å². The molecule has 0 bridgehead atoms. The lowest BCUT2D eigenvalue weighted by Crippen LogP contribution is -2.52. The summed E-state index contributed by atoms with van der Waals surface area (Å²) in [6.45, 7) is 3.58. The van der Waals surface area contributed by atoms with Crippen molar-refractivity contribution in [3.05, 3.63) is 231 Å². The smallest absolute Gasteiger partial charge is 0.337 e. The van der Waals surface area contributed by atoms with Crippen LogP contribution in [0, 0.1) is 10.1 Å². The second-order valence-electron chi connectivity index (χ2n) is 16.4. The van der Waals surface area contributed by atoms with Crippen LogP contribution in [0.25, 0.3) is 0 Å². The number of nitro groups is 1. The second kappa shape index (κ2) is 22.6. The van der Waals surface area contributed by atoms with E-state index in [1.165, 1.54) is 73.8 Å². The van der Waals surface area contributed by atoms with Gasteiger partial charge in [0.2, 0.25) is 11.8 Å². The molecule has 71 heavy (non-hydrogen) atoms. The minimum Gasteiger partial charge on any atom is -0.489 e. The van der Waals surface area contributed by atoms with Gasteiger partial charge in [-0.25, -0.2) is 4.79 Å². The number of carbonyl (C=O) groups excluding carboxylic acids is 6. The molecule has 0 aliphatic rings. The summed E-state index contributed by atoms with van der Waals surface area (Å²) in [6, 6.07) is 48.0. The molecule has 7 rings (SSSR count). The summed E-state index contributed by atoms with van der Waals surface area (Å²) < 4.78 is 10.7. The van der Waals surface area contributed by atoms with Gasteiger partial charge in [-0.1, -0.05) is 91.0 Å². The highest BCUT2D eigenvalue weighted by Crippen LogP contribution is 2.37. The fraction of sp³-hybridized carbons (Fsp3) is 0.127. The molecule has 16 heteroatoms. The van der Waals surface area contributed by atoms with Crippen LogP contribution in [0.2, 0.25) is 0 Å². The first kappa shape index (κ1) is 49.5. The predicted molar refractivity (Wildman–Crippen MR) is 267 cm³/mol. The summed E-state index contributed by atoms with van der Waals surface area (Å²) in [5, 5.41) is 25.5. The summed E-state index contributed by atoms with van der Waals surface area (Å²) in [6.07, 6.45) is -0.865. The Bertz CT molecular complexity index is 2950. The van der Waals surface area contributed by atoms with Crippen LogP contribution >= 0.6 is 0 Å². The number of methoxy groups -OCH3 is 1. The summed E-state index contributed by atoms with van der Waals surface area (Å²) in [4.78, 5) is 91.7. The zero-order valence-corrected chi connectivity index (χ0v) is 38.7. The number of hydrogen-bond donors (Lipinski definition) is 5. The van der Waals surface area contributed by atoms with Gasteiger partial charge >= 0.3 is 5.97 Å². The Balaban J connectivity index is 1.10. The van der Waals surface area contributed by atoms with Gasteiger partial charge in [0.15, 0.2) is 0 Å². The number of nitrogens with one attached hydrogen (secondary N) is 5. The van der Waals surface area contributed by atoms with Crippen molar-refractivity contribution in [1.82, 2.24) is 10.6 Å². The van der Waals surface area contributed by atoms with Crippen molar-refractivity contribution in [2.75, 3.05) is 23.1 Å². The number of amides is 5. The molecule has 16 nitrogen and oxygen atoms in total. The lowest BCUT2D eigenvalue weighted by molar-refractivity contribution is -0.384. The van der Waals surface area contributed by atoms with Crippen LogP contribution in [0.3, 0.4) is 0 Å². The third kappa shape index (κ3) is 12.2. The van der Waals surface area contributed by atoms with Gasteiger partial charge in [0.05, 0.1) is 35.8 Å². The Morgan fingerprint density at radius 2 is 1.03 bits per heavy atom. The molecule has 1 atom stereocenters. The molecule has 5 N–H and O–H groups in total. The summed E-state index contributed by atoms with van der Waals surface area (Å²) in [7, 11) is 1.27. The lowest BCUT2D eigenvalue weighted by atomic mass is 9.77. The minimum absolute atomic E-state index is 0.0140. The first-order valence-corrected chi connectivity index (χ1v) is 22.3. The summed E-state index contributed by atoms with van der Waals surface area (Å²) in [5.41, 5.74) is 2.43. The van der Waals surface area contributed by atoms with Gasteiger partial charge in [0, 0.05) is 40.2 Å². The molecular formula is C55H48N6O10. The third-order valence-corrected chi connectivity index (χ3v) is 11.1. The van der Waals surface area contributed by atoms with Crippen molar-refractivity contribution in [3.63, 3.8) is 0 Å². The van der Waals surface area contributed by atoms with Gasteiger partial charge in [-0.2, -0.15) is 0 Å². The zero-order chi connectivity index (χ0) is 50.5. The van der Waals surface area contributed by atoms with Crippen molar-refractivity contribution in [1.29, 1.82) is 0 Å². The number of esters is 1. The topological polar surface area (TPSA) is 224 Å². The van der Waals surface area contributed by atoms with Gasteiger partial charge in [0.1, 0.15) is 17.3 Å². The van der Waals surface area contributed by atoms with E-state index in [4.69, 9.17) is 9.47 Å². The molecular weight excluding hydrogens is 905 g/mol. The van der Waals surface area contributed by atoms with Crippen molar-refractivity contribution in [3.8, 4) is 5.75 Å². The molecule has 0 aliphatic heterocycles. The van der Waals surface area contributed by atoms with Crippen LogP contribution in [0.4, 0.5) is 22.7 Å². The molecule has 7 aromatic carbocycles. The number of non-ortho nitro benzene ring substituents is 1. The minimum atomic E-state index is -1.47. The largest absolute Gasteiger partial charge is 0.489 e. The second-order valence-corrected chi connectivity index (χ2v) is 16.4. The van der Waals surface area contributed by atoms with Crippen molar-refractivity contribution in [2.45, 2.75) is 38.0 Å². The first-order valence-electron chi connectivity index (χ1n) is 22.3. The molecule has 0 aliphatic carbocycles. The van der Waals surface area contributed by atoms with Gasteiger partial charge in [-0.15, -0.1) is 0 Å². The first-order chi connectivity index (χ1) is 34.2. The molecule has 0 fully saturated rings. The van der Waals surface area contributed by atoms with Gasteiger partial charge in [-0.05, 0) is 109 Å². The van der Waals surface area contributed by atoms with Gasteiger partial charge in [-0.3, -0.25) is 34.1 Å². The monoisotopic (exact) mass is 952 g/mol. The van der Waals surface area contributed by atoms with Crippen LogP contribution in [0.15, 0.2) is 182 Å². The highest BCUT2D eigenvalue weighted by atomic mass is 16.6. The van der Waals surface area contributed by atoms with Crippen LogP contribution in [-0.2, 0) is 19.9 Å². The molecule has 7 aromatic rings. The van der Waals surface area contributed by atoms with Gasteiger partial charge in [0.25, 0.3) is 23.4 Å². The SMILES string of the molecule is COC(=O)c1ccc(NC(=O)c2ccc(NC(=O)c3ccc(NC(=O)[C@H](CC(=O)NC(c4ccccc4)(c4ccccc4)c4ccccc4)NC(=O)c4ccc([N+](=O)[O-])cc4)cc3)c(OC(C)C)c2)cc1. The highest BCUT2D eigenvalue weighted by Gasteiger charge is 2.39. The molecule has 0 heterocycles. The Morgan fingerprint density at radius 3 is 1.54 bits per heavy atom. The van der Waals surface area contributed by atoms with E-state index in [9.17, 15) is 38.9 Å². The Morgan fingerprint density at radius 1 is 0.563 bits per heavy atom. The fourth-order valence-corrected chi connectivity index (χ4v) is 7.67. The Hall–Kier alpha value is -9.44. The summed E-state index contributed by atoms with van der Waals surface area (Å²) in [5.74, 6) is -3.42. The van der Waals surface area contributed by atoms with E-state index in [1.807, 2.05) is 91.0 Å². The molecule has 0 saturated heterocycles. The molecule has 0 saturated carbocycles. The maximum Gasteiger partial charge on any atom is 0.337 e. The molecule has 0 radical (unpaired) electrons. The zero-order valence-electron chi connectivity index (χ0n) is 38.7. The molecule has 0 unspecified atom stereocenters. The number of carbonyl (C=O) groups is 6. The number of anilines is 3. The quantitative estimate of drug-likeness (QED) is 0.0238. The standard InChI is InChI=1S/C55H48N6O10/c1-35(2)71-48-33-39(52(65)56-43-28-21-38(22-29-43)54(67)70-3)25-32-46(48)58-50(63)36-19-26-44(27-20-36)57-53(66)47(59-51(64)37-23-30-45(31-24-37)61(68)69)34-49(62)60-55(40-13-7-4-8-14-40,41-15-9-5-10-16-41)42-17-11-6-12-18-42/h4-33,35,47H,34H2,1-3H3,(H,56,65)(H,57,66)(H,58,63)(H,59,64)(H,60,62)/t47-/m0/s1. The molecule has 0 aromatic heterocycles. The third-order valence-electron chi connectivity index (χ3n) is 11.1. The van der Waals surface area contributed by atoms with Crippen molar-refractivity contribution in [2.24, 2.45) is 0 Å². The van der Waals surface area contributed by atoms with E-state index in [0.717, 1.165) is 28.8 Å². The van der Waals surface area contributed by atoms with Crippen LogP contribution in [0.1, 0.15) is 78.4 Å². The Labute approximate surface area is 408 Å². The average molecular weight is 953 g/mol. The van der Waals surface area contributed by atoms with E-state index in [2.05, 4.69) is 26.6 Å². The van der Waals surface area contributed by atoms with E-state index in [1.54, 1.807) is 26.0 Å². The number of nitro benzene ring substituents is 1. The molecule has 0 spiro atoms. The lowest BCUT2D eigenvalue weighted by Gasteiger charge is -2.37. The summed E-state index contributed by atoms with van der Waals surface area (Å²) >= 11 is 0. The maximum atomic E-state index is 14.5. The molecule has 358 valence electrons. The number of rotatable bonds is 18. The number of hydrogen-bond acceptors (Lipinski definition) is 10. The number of benzene rings is 7. The van der Waals surface area contributed by atoms with E-state index < -0.39 is 58.4 Å². The van der Waals surface area contributed by atoms with Crippen LogP contribution in [0.5, 0.6) is 5.75 Å². The van der Waals surface area contributed by atoms with Crippen molar-refractivity contribution < 1.29 is 43.2 Å². The predicted octanol–water partition coefficient (Wildman–Crippen LogP) is 8.91. The van der Waals surface area contributed by atoms with Crippen molar-refractivity contribution >= 4 is 58.3 Å². The maximum absolute atomic E-state index is 14.5. The average Bonchev–Trinajstić information content (AvgIpc) is 3.39. The van der Waals surface area contributed by atoms with E-state index >= 15 is 0 Å². The molecule has 5 amide bonds. The number of nitrogens with zero attached hydrogens (tertiary/aromatic N) is 1. The van der Waals surface area contributed by atoms with E-state index in [-0.39, 0.29) is 45.6 Å². The highest BCUT2D eigenvalue weighted by molar-refractivity contribution is 6.08. The normalized spacial score (nSPS) is 11.3. The fourth-order valence-electron chi connectivity index (χ4n) is 7.67. The van der Waals surface area contributed by atoms with E-state index in [0.29, 0.717) is 11.3 Å². The number of ether oxygens (including phenoxy) is 2. The van der Waals surface area contributed by atoms with Gasteiger partial charge < -0.3 is 36.1 Å². The van der Waals surface area contributed by atoms with Crippen LogP contribution < -0.4 is 31.3 Å². The Kier molecular flexibility index (Phi) is 15.7.